The fraction of sp³-hybridized carbons (Fsp3) is 0.558. The number of unbranched alkanes of at least 4 members (excludes halogenated alkanes) is 19. The highest BCUT2D eigenvalue weighted by Gasteiger charge is 2.46. The number of hydrogen-bond donors (Lipinski definition) is 3. The molecule has 4 aromatic rings. The molecule has 0 bridgehead atoms. The maximum Gasteiger partial charge on any atom is 0.328 e. The van der Waals surface area contributed by atoms with Crippen molar-refractivity contribution in [2.24, 2.45) is 5.92 Å². The van der Waals surface area contributed by atoms with Crippen LogP contribution in [0, 0.1) is 5.92 Å². The topological polar surface area (TPSA) is 107 Å². The summed E-state index contributed by atoms with van der Waals surface area (Å²) in [6, 6.07) is 30.7. The van der Waals surface area contributed by atoms with Crippen molar-refractivity contribution in [3.63, 3.8) is 0 Å². The Bertz CT molecular complexity index is 1800. The quantitative estimate of drug-likeness (QED) is 0.0391. The number of carbonyl (C=O) groups excluding carboxylic acids is 1. The summed E-state index contributed by atoms with van der Waals surface area (Å²) in [5.74, 6) is -0.629. The van der Waals surface area contributed by atoms with E-state index in [9.17, 15) is 19.5 Å². The second-order valence-corrected chi connectivity index (χ2v) is 17.3. The third kappa shape index (κ3) is 13.6. The van der Waals surface area contributed by atoms with Gasteiger partial charge in [0, 0.05) is 32.4 Å². The monoisotopic (exact) mass is 819 g/mol. The number of piperidine rings is 1. The highest BCUT2D eigenvalue weighted by atomic mass is 16.3. The highest BCUT2D eigenvalue weighted by Crippen LogP contribution is 2.45. The molecule has 0 aliphatic carbocycles. The fourth-order valence-corrected chi connectivity index (χ4v) is 9.46. The van der Waals surface area contributed by atoms with Crippen LogP contribution in [0.25, 0.3) is 0 Å². The number of aromatic amines is 1. The molecular weight excluding hydrogens is 745 g/mol. The highest BCUT2D eigenvalue weighted by molar-refractivity contribution is 5.93. The van der Waals surface area contributed by atoms with Crippen molar-refractivity contribution in [2.75, 3.05) is 26.2 Å². The molecule has 0 spiro atoms. The van der Waals surface area contributed by atoms with Gasteiger partial charge in [0.15, 0.2) is 0 Å². The van der Waals surface area contributed by atoms with Crippen LogP contribution in [0.4, 0.5) is 0 Å². The Morgan fingerprint density at radius 1 is 0.633 bits per heavy atom. The zero-order chi connectivity index (χ0) is 42.3. The Hall–Kier alpha value is -4.27. The Morgan fingerprint density at radius 2 is 1.05 bits per heavy atom. The molecule has 1 aliphatic rings. The number of nitrogens with one attached hydrogen (secondary N) is 2. The van der Waals surface area contributed by atoms with Crippen LogP contribution in [0.1, 0.15) is 175 Å². The van der Waals surface area contributed by atoms with Gasteiger partial charge in [-0.2, -0.15) is 0 Å². The number of aromatic nitrogens is 2. The summed E-state index contributed by atoms with van der Waals surface area (Å²) in [6.45, 7) is 3.72. The summed E-state index contributed by atoms with van der Waals surface area (Å²) in [4.78, 5) is 44.8. The molecule has 0 saturated carbocycles. The van der Waals surface area contributed by atoms with Crippen LogP contribution in [0.15, 0.2) is 107 Å². The van der Waals surface area contributed by atoms with Gasteiger partial charge in [-0.25, -0.2) is 4.79 Å². The number of amides is 1. The third-order valence-corrected chi connectivity index (χ3v) is 12.7. The van der Waals surface area contributed by atoms with E-state index in [4.69, 9.17) is 0 Å². The maximum absolute atomic E-state index is 13.5. The average molecular weight is 819 g/mol. The lowest BCUT2D eigenvalue weighted by atomic mass is 9.73. The molecule has 326 valence electrons. The Morgan fingerprint density at radius 3 is 1.47 bits per heavy atom. The first-order chi connectivity index (χ1) is 29.5. The number of rotatable bonds is 28. The van der Waals surface area contributed by atoms with Crippen molar-refractivity contribution in [1.82, 2.24) is 19.8 Å². The molecule has 1 aromatic heterocycles. The molecule has 8 heteroatoms. The normalized spacial score (nSPS) is 15.9. The van der Waals surface area contributed by atoms with Crippen molar-refractivity contribution in [2.45, 2.75) is 153 Å². The number of H-pyrrole nitrogens is 1. The van der Waals surface area contributed by atoms with E-state index >= 15 is 0 Å². The van der Waals surface area contributed by atoms with Crippen molar-refractivity contribution in [3.8, 4) is 0 Å². The molecular formula is C52H74N4O4. The average Bonchev–Trinajstić information content (AvgIpc) is 3.28. The first-order valence-electron chi connectivity index (χ1n) is 23.6. The number of nitrogens with zero attached hydrogens (tertiary/aromatic N) is 2. The van der Waals surface area contributed by atoms with Gasteiger partial charge in [-0.3, -0.25) is 24.0 Å². The maximum atomic E-state index is 13.5. The second kappa shape index (κ2) is 26.2. The van der Waals surface area contributed by atoms with Crippen LogP contribution in [0.3, 0.4) is 0 Å². The van der Waals surface area contributed by atoms with E-state index in [1.807, 2.05) is 54.6 Å². The molecule has 1 aliphatic heterocycles. The molecule has 1 saturated heterocycles. The predicted molar refractivity (Wildman–Crippen MR) is 247 cm³/mol. The van der Waals surface area contributed by atoms with Gasteiger partial charge in [-0.1, -0.05) is 220 Å². The summed E-state index contributed by atoms with van der Waals surface area (Å²) in [6.07, 6.45) is 28.3. The number of hydrogen-bond acceptors (Lipinski definition) is 5. The minimum absolute atomic E-state index is 0.0631. The minimum Gasteiger partial charge on any atom is -0.396 e. The van der Waals surface area contributed by atoms with E-state index in [0.717, 1.165) is 36.0 Å². The summed E-state index contributed by atoms with van der Waals surface area (Å²) < 4.78 is 1.51. The van der Waals surface area contributed by atoms with Crippen LogP contribution in [0.2, 0.25) is 0 Å². The van der Waals surface area contributed by atoms with Crippen molar-refractivity contribution >= 4 is 5.91 Å². The van der Waals surface area contributed by atoms with Crippen LogP contribution < -0.4 is 16.6 Å². The van der Waals surface area contributed by atoms with Gasteiger partial charge in [0.1, 0.15) is 5.56 Å². The van der Waals surface area contributed by atoms with Gasteiger partial charge in [-0.15, -0.1) is 0 Å². The SMILES string of the molecule is CCCCCCCCCCCCCCCCCCCCCCNC(=O)c1cn([C@@H]2C[C@H](CO)CN(C(c3ccccc3)(c3ccccc3)c3ccccc3)C2)c(=O)[nH]c1=O. The first kappa shape index (κ1) is 46.8. The van der Waals surface area contributed by atoms with E-state index in [1.54, 1.807) is 0 Å². The number of aliphatic hydroxyl groups is 1. The zero-order valence-electron chi connectivity index (χ0n) is 36.6. The van der Waals surface area contributed by atoms with E-state index in [0.29, 0.717) is 26.1 Å². The minimum atomic E-state index is -0.742. The lowest BCUT2D eigenvalue weighted by molar-refractivity contribution is 0.0373. The molecule has 0 unspecified atom stereocenters. The van der Waals surface area contributed by atoms with Crippen LogP contribution >= 0.6 is 0 Å². The second-order valence-electron chi connectivity index (χ2n) is 17.3. The van der Waals surface area contributed by atoms with Crippen LogP contribution in [0.5, 0.6) is 0 Å². The lowest BCUT2D eigenvalue weighted by Crippen LogP contribution is -2.56. The van der Waals surface area contributed by atoms with Gasteiger partial charge >= 0.3 is 5.69 Å². The molecule has 8 nitrogen and oxygen atoms in total. The smallest absolute Gasteiger partial charge is 0.328 e. The first-order valence-corrected chi connectivity index (χ1v) is 23.6. The van der Waals surface area contributed by atoms with E-state index in [1.165, 1.54) is 120 Å². The molecule has 2 heterocycles. The van der Waals surface area contributed by atoms with Gasteiger partial charge in [0.2, 0.25) is 0 Å². The van der Waals surface area contributed by atoms with Crippen molar-refractivity contribution < 1.29 is 9.90 Å². The molecule has 3 aromatic carbocycles. The van der Waals surface area contributed by atoms with Crippen molar-refractivity contribution in [1.29, 1.82) is 0 Å². The molecule has 60 heavy (non-hydrogen) atoms. The van der Waals surface area contributed by atoms with Gasteiger partial charge in [0.25, 0.3) is 11.5 Å². The summed E-state index contributed by atoms with van der Waals surface area (Å²) in [7, 11) is 0. The third-order valence-electron chi connectivity index (χ3n) is 12.7. The van der Waals surface area contributed by atoms with Crippen LogP contribution in [-0.4, -0.2) is 51.7 Å². The standard InChI is InChI=1S/C52H74N4O4/c1-2-3-4-5-6-7-8-9-10-11-12-13-14-15-16-17-18-19-20-30-37-53-49(58)48-41-56(51(60)54-50(48)59)47-38-43(42-57)39-55(40-47)52(44-31-24-21-25-32-44,45-33-26-22-27-34-45)46-35-28-23-29-36-46/h21-29,31-36,41,43,47,57H,2-20,30,37-40,42H2,1H3,(H,53,58)(H,54,59,60)/t43-,47+/m0/s1. The largest absolute Gasteiger partial charge is 0.396 e. The lowest BCUT2D eigenvalue weighted by Gasteiger charge is -2.50. The van der Waals surface area contributed by atoms with Gasteiger partial charge < -0.3 is 10.4 Å². The Labute approximate surface area is 360 Å². The van der Waals surface area contributed by atoms with Crippen molar-refractivity contribution in [3.05, 3.63) is 140 Å². The Kier molecular flexibility index (Phi) is 20.4. The number of benzene rings is 3. The Balaban J connectivity index is 1.10. The van der Waals surface area contributed by atoms with Gasteiger partial charge in [-0.05, 0) is 35.4 Å². The van der Waals surface area contributed by atoms with Crippen LogP contribution in [-0.2, 0) is 5.54 Å². The predicted octanol–water partition coefficient (Wildman–Crippen LogP) is 10.9. The molecule has 3 N–H and O–H groups in total. The fourth-order valence-electron chi connectivity index (χ4n) is 9.46. The summed E-state index contributed by atoms with van der Waals surface area (Å²) >= 11 is 0. The molecule has 5 rings (SSSR count). The van der Waals surface area contributed by atoms with E-state index < -0.39 is 28.7 Å². The molecule has 1 fully saturated rings. The summed E-state index contributed by atoms with van der Waals surface area (Å²) in [5, 5.41) is 13.6. The molecule has 2 atom stereocenters. The molecule has 1 amide bonds. The molecule has 0 radical (unpaired) electrons. The number of aliphatic hydroxyl groups excluding tert-OH is 1. The van der Waals surface area contributed by atoms with E-state index in [2.05, 4.69) is 58.5 Å². The van der Waals surface area contributed by atoms with Gasteiger partial charge in [0.05, 0.1) is 11.6 Å². The van der Waals surface area contributed by atoms with E-state index in [-0.39, 0.29) is 18.1 Å². The number of carbonyl (C=O) groups is 1. The zero-order valence-corrected chi connectivity index (χ0v) is 36.6. The number of likely N-dealkylation sites (tertiary alicyclic amines) is 1. The summed E-state index contributed by atoms with van der Waals surface area (Å²) in [5.41, 5.74) is 1.15.